The molecule has 3 N–H and O–H groups in total. The zero-order valence-electron chi connectivity index (χ0n) is 10.9. The summed E-state index contributed by atoms with van der Waals surface area (Å²) in [6, 6.07) is 0. The van der Waals surface area contributed by atoms with E-state index >= 15 is 0 Å². The minimum Gasteiger partial charge on any atom is -0.391 e. The molecule has 0 spiro atoms. The van der Waals surface area contributed by atoms with Crippen LogP contribution in [0.4, 0.5) is 0 Å². The highest BCUT2D eigenvalue weighted by molar-refractivity contribution is 5.75. The van der Waals surface area contributed by atoms with Crippen molar-refractivity contribution in [2.45, 2.75) is 44.3 Å². The summed E-state index contributed by atoms with van der Waals surface area (Å²) < 4.78 is 5.59. The van der Waals surface area contributed by atoms with Gasteiger partial charge >= 0.3 is 0 Å². The number of ether oxygens (including phenoxy) is 1. The summed E-state index contributed by atoms with van der Waals surface area (Å²) in [7, 11) is 0. The number of carbonyl (C=O) groups excluding carboxylic acids is 1. The van der Waals surface area contributed by atoms with Crippen LogP contribution in [0.5, 0.6) is 0 Å². The number of amides is 1. The lowest BCUT2D eigenvalue weighted by Gasteiger charge is -2.22. The summed E-state index contributed by atoms with van der Waals surface area (Å²) in [5, 5.41) is 15.6. The van der Waals surface area contributed by atoms with E-state index in [4.69, 9.17) is 4.74 Å². The van der Waals surface area contributed by atoms with Crippen LogP contribution >= 0.6 is 0 Å². The third-order valence-electron chi connectivity index (χ3n) is 3.83. The van der Waals surface area contributed by atoms with Gasteiger partial charge in [0, 0.05) is 38.6 Å². The average molecular weight is 256 g/mol. The normalized spacial score (nSPS) is 32.4. The van der Waals surface area contributed by atoms with Crippen molar-refractivity contribution in [3.8, 4) is 0 Å². The van der Waals surface area contributed by atoms with E-state index in [0.717, 1.165) is 32.4 Å². The van der Waals surface area contributed by atoms with E-state index in [0.29, 0.717) is 19.5 Å². The van der Waals surface area contributed by atoms with Gasteiger partial charge in [0.1, 0.15) is 0 Å². The van der Waals surface area contributed by atoms with Gasteiger partial charge in [0.15, 0.2) is 0 Å². The molecule has 0 aromatic carbocycles. The molecule has 2 heterocycles. The summed E-state index contributed by atoms with van der Waals surface area (Å²) in [6.07, 6.45) is 4.73. The van der Waals surface area contributed by atoms with Crippen LogP contribution in [0, 0.1) is 5.92 Å². The van der Waals surface area contributed by atoms with Crippen LogP contribution in [0.1, 0.15) is 32.1 Å². The molecule has 2 saturated heterocycles. The van der Waals surface area contributed by atoms with Gasteiger partial charge in [-0.3, -0.25) is 4.79 Å². The molecule has 18 heavy (non-hydrogen) atoms. The second-order valence-corrected chi connectivity index (χ2v) is 5.32. The molecule has 3 atom stereocenters. The first-order chi connectivity index (χ1) is 8.75. The number of nitrogens with one attached hydrogen (secondary N) is 2. The van der Waals surface area contributed by atoms with Crippen molar-refractivity contribution < 1.29 is 14.6 Å². The van der Waals surface area contributed by atoms with E-state index in [9.17, 15) is 9.90 Å². The van der Waals surface area contributed by atoms with Gasteiger partial charge in [0.2, 0.25) is 5.91 Å². The third-order valence-corrected chi connectivity index (χ3v) is 3.83. The van der Waals surface area contributed by atoms with Crippen LogP contribution in [-0.2, 0) is 9.53 Å². The van der Waals surface area contributed by atoms with Crippen molar-refractivity contribution in [2.75, 3.05) is 26.2 Å². The Bertz CT molecular complexity index is 267. The molecule has 5 nitrogen and oxygen atoms in total. The Labute approximate surface area is 108 Å². The molecule has 2 aliphatic rings. The number of β-amino-alcohol motifs (C(OH)–C–C–N with tert-alkyl or cyclic N) is 1. The second-order valence-electron chi connectivity index (χ2n) is 5.32. The lowest BCUT2D eigenvalue weighted by atomic mass is 10.0. The third kappa shape index (κ3) is 4.23. The SMILES string of the molecule is O=C(CCC1CCCCO1)NCC1CNCC1O. The Hall–Kier alpha value is -0.650. The average Bonchev–Trinajstić information content (AvgIpc) is 2.81. The smallest absolute Gasteiger partial charge is 0.220 e. The van der Waals surface area contributed by atoms with Gasteiger partial charge in [-0.2, -0.15) is 0 Å². The predicted octanol–water partition coefficient (Wildman–Crippen LogP) is 0.0322. The quantitative estimate of drug-likeness (QED) is 0.649. The molecule has 0 bridgehead atoms. The summed E-state index contributed by atoms with van der Waals surface area (Å²) in [6.45, 7) is 2.83. The largest absolute Gasteiger partial charge is 0.391 e. The minimum absolute atomic E-state index is 0.0725. The van der Waals surface area contributed by atoms with Crippen molar-refractivity contribution in [1.82, 2.24) is 10.6 Å². The fraction of sp³-hybridized carbons (Fsp3) is 0.923. The summed E-state index contributed by atoms with van der Waals surface area (Å²) in [5.41, 5.74) is 0. The molecule has 104 valence electrons. The van der Waals surface area contributed by atoms with Gasteiger partial charge < -0.3 is 20.5 Å². The van der Waals surface area contributed by atoms with Crippen molar-refractivity contribution in [3.63, 3.8) is 0 Å². The number of carbonyl (C=O) groups is 1. The van der Waals surface area contributed by atoms with E-state index in [1.54, 1.807) is 0 Å². The maximum Gasteiger partial charge on any atom is 0.220 e. The predicted molar refractivity (Wildman–Crippen MR) is 68.2 cm³/mol. The molecule has 0 saturated carbocycles. The molecule has 0 aromatic heterocycles. The molecule has 0 radical (unpaired) electrons. The molecule has 0 aromatic rings. The summed E-state index contributed by atoms with van der Waals surface area (Å²) >= 11 is 0. The van der Waals surface area contributed by atoms with E-state index in [1.165, 1.54) is 6.42 Å². The Kier molecular flexibility index (Phi) is 5.41. The first-order valence-electron chi connectivity index (χ1n) is 7.03. The van der Waals surface area contributed by atoms with Crippen molar-refractivity contribution in [2.24, 2.45) is 5.92 Å². The van der Waals surface area contributed by atoms with Crippen LogP contribution in [-0.4, -0.2) is 49.5 Å². The van der Waals surface area contributed by atoms with Gasteiger partial charge in [-0.25, -0.2) is 0 Å². The number of rotatable bonds is 5. The van der Waals surface area contributed by atoms with E-state index < -0.39 is 0 Å². The van der Waals surface area contributed by atoms with Gasteiger partial charge in [0.25, 0.3) is 0 Å². The van der Waals surface area contributed by atoms with Crippen LogP contribution in [0.15, 0.2) is 0 Å². The number of aliphatic hydroxyl groups is 1. The molecule has 3 unspecified atom stereocenters. The van der Waals surface area contributed by atoms with Crippen LogP contribution in [0.2, 0.25) is 0 Å². The Balaban J connectivity index is 1.57. The summed E-state index contributed by atoms with van der Waals surface area (Å²) in [5.74, 6) is 0.225. The Morgan fingerprint density at radius 2 is 2.28 bits per heavy atom. The zero-order chi connectivity index (χ0) is 12.8. The molecule has 5 heteroatoms. The van der Waals surface area contributed by atoms with Crippen molar-refractivity contribution in [1.29, 1.82) is 0 Å². The molecular weight excluding hydrogens is 232 g/mol. The second kappa shape index (κ2) is 7.07. The van der Waals surface area contributed by atoms with Gasteiger partial charge in [-0.05, 0) is 25.7 Å². The van der Waals surface area contributed by atoms with Crippen LogP contribution in [0.25, 0.3) is 0 Å². The van der Waals surface area contributed by atoms with Crippen LogP contribution < -0.4 is 10.6 Å². The number of aliphatic hydroxyl groups excluding tert-OH is 1. The Morgan fingerprint density at radius 1 is 1.39 bits per heavy atom. The lowest BCUT2D eigenvalue weighted by Crippen LogP contribution is -2.34. The van der Waals surface area contributed by atoms with Gasteiger partial charge in [-0.1, -0.05) is 0 Å². The number of hydrogen-bond acceptors (Lipinski definition) is 4. The first kappa shape index (κ1) is 13.8. The number of hydrogen-bond donors (Lipinski definition) is 3. The summed E-state index contributed by atoms with van der Waals surface area (Å²) in [4.78, 5) is 11.7. The van der Waals surface area contributed by atoms with E-state index in [-0.39, 0.29) is 24.0 Å². The maximum atomic E-state index is 11.7. The molecular formula is C13H24N2O3. The van der Waals surface area contributed by atoms with E-state index in [2.05, 4.69) is 10.6 Å². The Morgan fingerprint density at radius 3 is 2.94 bits per heavy atom. The first-order valence-corrected chi connectivity index (χ1v) is 7.03. The molecule has 0 aliphatic carbocycles. The standard InChI is InChI=1S/C13H24N2O3/c16-12-9-14-7-10(12)8-15-13(17)5-4-11-3-1-2-6-18-11/h10-12,14,16H,1-9H2,(H,15,17). The molecule has 1 amide bonds. The lowest BCUT2D eigenvalue weighted by molar-refractivity contribution is -0.122. The molecule has 2 rings (SSSR count). The highest BCUT2D eigenvalue weighted by atomic mass is 16.5. The fourth-order valence-corrected chi connectivity index (χ4v) is 2.59. The topological polar surface area (TPSA) is 70.6 Å². The van der Waals surface area contributed by atoms with Gasteiger partial charge in [0.05, 0.1) is 12.2 Å². The monoisotopic (exact) mass is 256 g/mol. The minimum atomic E-state index is -0.327. The highest BCUT2D eigenvalue weighted by Gasteiger charge is 2.25. The van der Waals surface area contributed by atoms with Crippen molar-refractivity contribution >= 4 is 5.91 Å². The zero-order valence-corrected chi connectivity index (χ0v) is 10.9. The maximum absolute atomic E-state index is 11.7. The highest BCUT2D eigenvalue weighted by Crippen LogP contribution is 2.16. The van der Waals surface area contributed by atoms with Crippen molar-refractivity contribution in [3.05, 3.63) is 0 Å². The van der Waals surface area contributed by atoms with E-state index in [1.807, 2.05) is 0 Å². The fourth-order valence-electron chi connectivity index (χ4n) is 2.59. The molecule has 2 fully saturated rings. The molecule has 2 aliphatic heterocycles. The van der Waals surface area contributed by atoms with Gasteiger partial charge in [-0.15, -0.1) is 0 Å². The van der Waals surface area contributed by atoms with Crippen LogP contribution in [0.3, 0.4) is 0 Å².